The first-order chi connectivity index (χ1) is 7.51. The highest BCUT2D eigenvalue weighted by atomic mass is 79.9. The molecule has 1 rings (SSSR count). The molecule has 0 heterocycles. The number of alkyl halides is 1. The summed E-state index contributed by atoms with van der Waals surface area (Å²) in [6, 6.07) is 2.45. The van der Waals surface area contributed by atoms with Crippen molar-refractivity contribution in [1.29, 1.82) is 0 Å². The maximum absolute atomic E-state index is 10.9. The molecule has 0 saturated heterocycles. The Kier molecular flexibility index (Phi) is 3.83. The van der Waals surface area contributed by atoms with Gasteiger partial charge in [-0.25, -0.2) is 4.79 Å². The van der Waals surface area contributed by atoms with Crippen LogP contribution in [0.25, 0.3) is 0 Å². The number of hydrogen-bond donors (Lipinski definition) is 1. The summed E-state index contributed by atoms with van der Waals surface area (Å²) < 4.78 is 4.81. The van der Waals surface area contributed by atoms with Crippen molar-refractivity contribution in [3.8, 4) is 5.75 Å². The number of carboxylic acid groups (broad SMARTS) is 1. The van der Waals surface area contributed by atoms with Gasteiger partial charge in [0.15, 0.2) is 0 Å². The summed E-state index contributed by atoms with van der Waals surface area (Å²) in [5.41, 5.74) is -0.283. The molecule has 1 aromatic rings. The Morgan fingerprint density at radius 2 is 2.25 bits per heavy atom. The minimum absolute atomic E-state index is 0.0922. The van der Waals surface area contributed by atoms with Gasteiger partial charge in [-0.05, 0) is 6.07 Å². The minimum Gasteiger partial charge on any atom is -0.496 e. The third kappa shape index (κ3) is 2.30. The van der Waals surface area contributed by atoms with Crippen LogP contribution >= 0.6 is 15.9 Å². The molecule has 6 nitrogen and oxygen atoms in total. The summed E-state index contributed by atoms with van der Waals surface area (Å²) in [5, 5.41) is 19.8. The molecule has 0 bridgehead atoms. The van der Waals surface area contributed by atoms with E-state index >= 15 is 0 Å². The van der Waals surface area contributed by atoms with Gasteiger partial charge in [-0.1, -0.05) is 15.9 Å². The monoisotopic (exact) mass is 289 g/mol. The molecule has 0 aliphatic heterocycles. The van der Waals surface area contributed by atoms with Crippen molar-refractivity contribution in [1.82, 2.24) is 0 Å². The summed E-state index contributed by atoms with van der Waals surface area (Å²) in [6.45, 7) is 0. The zero-order chi connectivity index (χ0) is 12.3. The number of nitrogens with zero attached hydrogens (tertiary/aromatic N) is 1. The van der Waals surface area contributed by atoms with Gasteiger partial charge in [0.1, 0.15) is 5.75 Å². The molecule has 86 valence electrons. The van der Waals surface area contributed by atoms with Crippen molar-refractivity contribution in [2.24, 2.45) is 0 Å². The predicted molar refractivity (Wildman–Crippen MR) is 59.2 cm³/mol. The predicted octanol–water partition coefficient (Wildman–Crippen LogP) is 2.20. The van der Waals surface area contributed by atoms with Gasteiger partial charge in [0, 0.05) is 5.33 Å². The van der Waals surface area contributed by atoms with E-state index in [9.17, 15) is 14.9 Å². The first-order valence-corrected chi connectivity index (χ1v) is 5.28. The molecule has 0 unspecified atom stereocenters. The van der Waals surface area contributed by atoms with Gasteiger partial charge >= 0.3 is 5.97 Å². The Labute approximate surface area is 99.1 Å². The normalized spacial score (nSPS) is 9.88. The van der Waals surface area contributed by atoms with Crippen LogP contribution in [-0.4, -0.2) is 23.1 Å². The first-order valence-electron chi connectivity index (χ1n) is 4.15. The molecule has 7 heteroatoms. The molecule has 0 aliphatic rings. The lowest BCUT2D eigenvalue weighted by Crippen LogP contribution is -2.05. The molecule has 1 N–H and O–H groups in total. The molecule has 0 saturated carbocycles. The highest BCUT2D eigenvalue weighted by molar-refractivity contribution is 9.08. The molecule has 1 aromatic carbocycles. The lowest BCUT2D eigenvalue weighted by Gasteiger charge is -2.07. The second-order valence-electron chi connectivity index (χ2n) is 2.87. The van der Waals surface area contributed by atoms with E-state index in [1.165, 1.54) is 19.2 Å². The topological polar surface area (TPSA) is 89.7 Å². The number of ether oxygens (including phenoxy) is 1. The van der Waals surface area contributed by atoms with Crippen molar-refractivity contribution in [2.75, 3.05) is 7.11 Å². The lowest BCUT2D eigenvalue weighted by atomic mass is 10.1. The van der Waals surface area contributed by atoms with Crippen LogP contribution in [-0.2, 0) is 5.33 Å². The van der Waals surface area contributed by atoms with Crippen LogP contribution in [0.15, 0.2) is 12.1 Å². The average Bonchev–Trinajstić information content (AvgIpc) is 2.26. The van der Waals surface area contributed by atoms with Gasteiger partial charge < -0.3 is 9.84 Å². The molecule has 0 aromatic heterocycles. The fourth-order valence-electron chi connectivity index (χ4n) is 1.24. The second kappa shape index (κ2) is 4.93. The van der Waals surface area contributed by atoms with E-state index in [1.807, 2.05) is 0 Å². The maximum atomic E-state index is 10.9. The Bertz CT molecular complexity index is 411. The molecule has 0 spiro atoms. The number of nitro groups is 1. The van der Waals surface area contributed by atoms with E-state index in [1.54, 1.807) is 0 Å². The van der Waals surface area contributed by atoms with Crippen molar-refractivity contribution in [2.45, 2.75) is 5.33 Å². The van der Waals surface area contributed by atoms with Crippen molar-refractivity contribution < 1.29 is 19.6 Å². The first kappa shape index (κ1) is 12.4. The maximum Gasteiger partial charge on any atom is 0.336 e. The average molecular weight is 290 g/mol. The molecule has 0 atom stereocenters. The third-order valence-electron chi connectivity index (χ3n) is 2.00. The SMILES string of the molecule is COc1cc(C(=O)O)c(CBr)c([N+](=O)[O-])c1. The van der Waals surface area contributed by atoms with Crippen LogP contribution in [0.3, 0.4) is 0 Å². The Hall–Kier alpha value is -1.63. The van der Waals surface area contributed by atoms with Crippen LogP contribution in [0.4, 0.5) is 5.69 Å². The van der Waals surface area contributed by atoms with E-state index in [4.69, 9.17) is 9.84 Å². The second-order valence-corrected chi connectivity index (χ2v) is 3.43. The smallest absolute Gasteiger partial charge is 0.336 e. The number of methoxy groups -OCH3 is 1. The number of hydrogen-bond acceptors (Lipinski definition) is 4. The number of carboxylic acids is 1. The summed E-state index contributed by atoms with van der Waals surface area (Å²) in [4.78, 5) is 21.1. The molecule has 0 amide bonds. The van der Waals surface area contributed by atoms with Crippen LogP contribution < -0.4 is 4.74 Å². The number of nitro benzene ring substituents is 1. The zero-order valence-electron chi connectivity index (χ0n) is 8.27. The molecular formula is C9H8BrNO5. The van der Waals surface area contributed by atoms with Crippen LogP contribution in [0, 0.1) is 10.1 Å². The van der Waals surface area contributed by atoms with Gasteiger partial charge in [-0.15, -0.1) is 0 Å². The lowest BCUT2D eigenvalue weighted by molar-refractivity contribution is -0.385. The van der Waals surface area contributed by atoms with Gasteiger partial charge in [-0.3, -0.25) is 10.1 Å². The Balaban J connectivity index is 3.52. The summed E-state index contributed by atoms with van der Waals surface area (Å²) in [5.74, 6) is -1.08. The third-order valence-corrected chi connectivity index (χ3v) is 2.56. The largest absolute Gasteiger partial charge is 0.496 e. The minimum atomic E-state index is -1.23. The van der Waals surface area contributed by atoms with Gasteiger partial charge in [0.05, 0.1) is 29.2 Å². The summed E-state index contributed by atoms with van der Waals surface area (Å²) in [7, 11) is 1.32. The van der Waals surface area contributed by atoms with Gasteiger partial charge in [0.2, 0.25) is 0 Å². The van der Waals surface area contributed by atoms with E-state index in [0.717, 1.165) is 0 Å². The fourth-order valence-corrected chi connectivity index (χ4v) is 1.83. The molecule has 16 heavy (non-hydrogen) atoms. The van der Waals surface area contributed by atoms with Gasteiger partial charge in [-0.2, -0.15) is 0 Å². The highest BCUT2D eigenvalue weighted by Gasteiger charge is 2.22. The molecule has 0 fully saturated rings. The highest BCUT2D eigenvalue weighted by Crippen LogP contribution is 2.30. The van der Waals surface area contributed by atoms with Crippen LogP contribution in [0.5, 0.6) is 5.75 Å². The van der Waals surface area contributed by atoms with E-state index in [0.29, 0.717) is 0 Å². The Morgan fingerprint density at radius 1 is 1.62 bits per heavy atom. The van der Waals surface area contributed by atoms with Crippen LogP contribution in [0.1, 0.15) is 15.9 Å². The Morgan fingerprint density at radius 3 is 2.62 bits per heavy atom. The zero-order valence-corrected chi connectivity index (χ0v) is 9.85. The fraction of sp³-hybridized carbons (Fsp3) is 0.222. The molecule has 0 radical (unpaired) electrons. The van der Waals surface area contributed by atoms with E-state index < -0.39 is 10.9 Å². The van der Waals surface area contributed by atoms with Gasteiger partial charge in [0.25, 0.3) is 5.69 Å². The standard InChI is InChI=1S/C9H8BrNO5/c1-16-5-2-6(9(12)13)7(4-10)8(3-5)11(14)15/h2-3H,4H2,1H3,(H,12,13). The van der Waals surface area contributed by atoms with Crippen LogP contribution in [0.2, 0.25) is 0 Å². The van der Waals surface area contributed by atoms with E-state index in [-0.39, 0.29) is 27.9 Å². The van der Waals surface area contributed by atoms with Crippen molar-refractivity contribution >= 4 is 27.6 Å². The number of rotatable bonds is 4. The molecular weight excluding hydrogens is 282 g/mol. The summed E-state index contributed by atoms with van der Waals surface area (Å²) >= 11 is 3.03. The number of aromatic carboxylic acids is 1. The van der Waals surface area contributed by atoms with Crippen molar-refractivity contribution in [3.05, 3.63) is 33.4 Å². The van der Waals surface area contributed by atoms with E-state index in [2.05, 4.69) is 15.9 Å². The number of carbonyl (C=O) groups is 1. The summed E-state index contributed by atoms with van der Waals surface area (Å²) in [6.07, 6.45) is 0. The number of benzene rings is 1. The molecule has 0 aliphatic carbocycles. The van der Waals surface area contributed by atoms with Crippen molar-refractivity contribution in [3.63, 3.8) is 0 Å². The quantitative estimate of drug-likeness (QED) is 0.521. The number of halogens is 1.